The quantitative estimate of drug-likeness (QED) is 0.359. The van der Waals surface area contributed by atoms with Crippen molar-refractivity contribution in [1.29, 1.82) is 0 Å². The monoisotopic (exact) mass is 314 g/mol. The summed E-state index contributed by atoms with van der Waals surface area (Å²) >= 11 is 4.04. The van der Waals surface area contributed by atoms with Crippen LogP contribution in [0.25, 0.3) is 11.1 Å². The van der Waals surface area contributed by atoms with E-state index in [1.54, 1.807) is 6.07 Å². The van der Waals surface area contributed by atoms with E-state index in [1.807, 2.05) is 42.5 Å². The highest BCUT2D eigenvalue weighted by Crippen LogP contribution is 2.30. The second-order valence-electron chi connectivity index (χ2n) is 4.62. The van der Waals surface area contributed by atoms with Gasteiger partial charge in [0.25, 0.3) is 0 Å². The maximum atomic E-state index is 11.7. The normalized spacial score (nSPS) is 10.0. The second kappa shape index (κ2) is 8.29. The highest BCUT2D eigenvalue weighted by atomic mass is 32.1. The molecule has 0 heterocycles. The first-order valence-electron chi connectivity index (χ1n) is 6.97. The molecule has 0 fully saturated rings. The third-order valence-corrected chi connectivity index (χ3v) is 3.28. The number of hydrogen-bond donors (Lipinski definition) is 1. The molecule has 0 aliphatic rings. The van der Waals surface area contributed by atoms with Gasteiger partial charge < -0.3 is 9.47 Å². The fourth-order valence-corrected chi connectivity index (χ4v) is 2.18. The molecular weight excluding hydrogens is 296 g/mol. The number of thiol groups is 1. The van der Waals surface area contributed by atoms with Gasteiger partial charge in [-0.05, 0) is 17.2 Å². The van der Waals surface area contributed by atoms with Gasteiger partial charge in [0.05, 0.1) is 12.7 Å². The summed E-state index contributed by atoms with van der Waals surface area (Å²) in [6, 6.07) is 15.4. The van der Waals surface area contributed by atoms with E-state index in [9.17, 15) is 4.79 Å². The van der Waals surface area contributed by atoms with Crippen LogP contribution in [0.5, 0.6) is 5.75 Å². The summed E-state index contributed by atoms with van der Waals surface area (Å²) in [5.41, 5.74) is 2.91. The van der Waals surface area contributed by atoms with Crippen LogP contribution in [0, 0.1) is 0 Å². The zero-order valence-corrected chi connectivity index (χ0v) is 13.1. The van der Waals surface area contributed by atoms with E-state index in [2.05, 4.69) is 19.2 Å². The van der Waals surface area contributed by atoms with E-state index in [-0.39, 0.29) is 12.4 Å². The van der Waals surface area contributed by atoms with Gasteiger partial charge in [-0.25, -0.2) is 0 Å². The van der Waals surface area contributed by atoms with Crippen molar-refractivity contribution in [2.45, 2.75) is 13.0 Å². The molecule has 0 aliphatic carbocycles. The lowest BCUT2D eigenvalue weighted by Crippen LogP contribution is -2.08. The molecule has 0 saturated heterocycles. The fraction of sp³-hybridized carbons (Fsp3) is 0.167. The zero-order chi connectivity index (χ0) is 15.8. The molecule has 0 radical (unpaired) electrons. The van der Waals surface area contributed by atoms with Crippen LogP contribution in [-0.2, 0) is 16.1 Å². The van der Waals surface area contributed by atoms with E-state index >= 15 is 0 Å². The van der Waals surface area contributed by atoms with Crippen LogP contribution in [0.2, 0.25) is 0 Å². The molecule has 114 valence electrons. The maximum Gasteiger partial charge on any atom is 0.312 e. The Labute approximate surface area is 136 Å². The number of hydrogen-bond acceptors (Lipinski definition) is 4. The van der Waals surface area contributed by atoms with Crippen molar-refractivity contribution in [3.63, 3.8) is 0 Å². The highest BCUT2D eigenvalue weighted by Gasteiger charge is 2.10. The molecule has 2 aromatic rings. The summed E-state index contributed by atoms with van der Waals surface area (Å²) in [6.07, 6.45) is 1.71. The van der Waals surface area contributed by atoms with Crippen LogP contribution in [-0.4, -0.2) is 11.7 Å². The standard InChI is InChI=1S/C18H18O3S/c1-2-20-13-14-7-9-15(10-8-14)16-5-3-4-6-17(16)21-18(19)11-12-22/h2-10,22H,1,11-13H2. The Bertz CT molecular complexity index is 635. The lowest BCUT2D eigenvalue weighted by molar-refractivity contribution is -0.133. The van der Waals surface area contributed by atoms with Crippen molar-refractivity contribution in [3.05, 3.63) is 66.9 Å². The average molecular weight is 314 g/mol. The number of ether oxygens (including phenoxy) is 2. The molecule has 0 amide bonds. The summed E-state index contributed by atoms with van der Waals surface area (Å²) < 4.78 is 10.6. The molecule has 0 aromatic heterocycles. The van der Waals surface area contributed by atoms with Crippen LogP contribution in [0.3, 0.4) is 0 Å². The SMILES string of the molecule is C=COCc1ccc(-c2ccccc2OC(=O)CCS)cc1. The maximum absolute atomic E-state index is 11.7. The molecule has 0 atom stereocenters. The van der Waals surface area contributed by atoms with Gasteiger partial charge in [0.15, 0.2) is 0 Å². The third kappa shape index (κ3) is 4.40. The second-order valence-corrected chi connectivity index (χ2v) is 5.07. The predicted molar refractivity (Wildman–Crippen MR) is 91.0 cm³/mol. The minimum Gasteiger partial charge on any atom is -0.497 e. The summed E-state index contributed by atoms with van der Waals surface area (Å²) in [7, 11) is 0. The Morgan fingerprint density at radius 3 is 2.55 bits per heavy atom. The number of carbonyl (C=O) groups is 1. The van der Waals surface area contributed by atoms with Crippen LogP contribution in [0.4, 0.5) is 0 Å². The number of benzene rings is 2. The Kier molecular flexibility index (Phi) is 6.10. The van der Waals surface area contributed by atoms with E-state index in [4.69, 9.17) is 9.47 Å². The largest absolute Gasteiger partial charge is 0.497 e. The van der Waals surface area contributed by atoms with E-state index < -0.39 is 0 Å². The first-order valence-corrected chi connectivity index (χ1v) is 7.60. The molecule has 22 heavy (non-hydrogen) atoms. The van der Waals surface area contributed by atoms with Crippen molar-refractivity contribution in [1.82, 2.24) is 0 Å². The van der Waals surface area contributed by atoms with E-state index in [0.29, 0.717) is 18.1 Å². The fourth-order valence-electron chi connectivity index (χ4n) is 1.99. The number of para-hydroxylation sites is 1. The molecule has 2 rings (SSSR count). The Balaban J connectivity index is 2.21. The lowest BCUT2D eigenvalue weighted by atomic mass is 10.0. The van der Waals surface area contributed by atoms with Gasteiger partial charge in [-0.2, -0.15) is 12.6 Å². The zero-order valence-electron chi connectivity index (χ0n) is 12.2. The van der Waals surface area contributed by atoms with E-state index in [1.165, 1.54) is 6.26 Å². The smallest absolute Gasteiger partial charge is 0.312 e. The molecule has 0 unspecified atom stereocenters. The molecule has 3 nitrogen and oxygen atoms in total. The van der Waals surface area contributed by atoms with Gasteiger partial charge in [-0.3, -0.25) is 4.79 Å². The minimum absolute atomic E-state index is 0.279. The summed E-state index contributed by atoms with van der Waals surface area (Å²) in [6.45, 7) is 4.01. The van der Waals surface area contributed by atoms with Gasteiger partial charge in [0.2, 0.25) is 0 Å². The first kappa shape index (κ1) is 16.2. The van der Waals surface area contributed by atoms with Gasteiger partial charge in [0.1, 0.15) is 12.4 Å². The van der Waals surface area contributed by atoms with Crippen molar-refractivity contribution >= 4 is 18.6 Å². The van der Waals surface area contributed by atoms with Crippen LogP contribution in [0.15, 0.2) is 61.4 Å². The number of carbonyl (C=O) groups excluding carboxylic acids is 1. The van der Waals surface area contributed by atoms with Gasteiger partial charge in [-0.1, -0.05) is 49.0 Å². The van der Waals surface area contributed by atoms with Gasteiger partial charge in [0, 0.05) is 11.3 Å². The molecular formula is C18H18O3S. The molecule has 0 spiro atoms. The Hall–Kier alpha value is -2.20. The predicted octanol–water partition coefficient (Wildman–Crippen LogP) is 4.24. The van der Waals surface area contributed by atoms with Crippen molar-refractivity contribution in [3.8, 4) is 16.9 Å². The lowest BCUT2D eigenvalue weighted by Gasteiger charge is -2.10. The average Bonchev–Trinajstić information content (AvgIpc) is 2.54. The highest BCUT2D eigenvalue weighted by molar-refractivity contribution is 7.80. The first-order chi connectivity index (χ1) is 10.7. The van der Waals surface area contributed by atoms with E-state index in [0.717, 1.165) is 16.7 Å². The molecule has 0 N–H and O–H groups in total. The Morgan fingerprint density at radius 2 is 1.86 bits per heavy atom. The third-order valence-electron chi connectivity index (χ3n) is 3.06. The topological polar surface area (TPSA) is 35.5 Å². The molecule has 2 aromatic carbocycles. The molecule has 0 saturated carbocycles. The Morgan fingerprint density at radius 1 is 1.14 bits per heavy atom. The molecule has 0 aliphatic heterocycles. The van der Waals surface area contributed by atoms with Crippen LogP contribution in [0.1, 0.15) is 12.0 Å². The minimum atomic E-state index is -0.279. The molecule has 0 bridgehead atoms. The molecule has 4 heteroatoms. The van der Waals surface area contributed by atoms with Gasteiger partial charge >= 0.3 is 5.97 Å². The summed E-state index contributed by atoms with van der Waals surface area (Å²) in [5.74, 6) is 0.752. The van der Waals surface area contributed by atoms with Crippen molar-refractivity contribution in [2.24, 2.45) is 0 Å². The number of esters is 1. The van der Waals surface area contributed by atoms with Crippen molar-refractivity contribution < 1.29 is 14.3 Å². The van der Waals surface area contributed by atoms with Crippen molar-refractivity contribution in [2.75, 3.05) is 5.75 Å². The summed E-state index contributed by atoms with van der Waals surface area (Å²) in [5, 5.41) is 0. The van der Waals surface area contributed by atoms with Gasteiger partial charge in [-0.15, -0.1) is 0 Å². The van der Waals surface area contributed by atoms with Crippen LogP contribution < -0.4 is 4.74 Å². The number of rotatable bonds is 7. The summed E-state index contributed by atoms with van der Waals surface area (Å²) in [4.78, 5) is 11.7. The van der Waals surface area contributed by atoms with Crippen LogP contribution >= 0.6 is 12.6 Å².